The highest BCUT2D eigenvalue weighted by Gasteiger charge is 2.21. The Morgan fingerprint density at radius 2 is 2.00 bits per heavy atom. The highest BCUT2D eigenvalue weighted by Crippen LogP contribution is 2.25. The van der Waals surface area contributed by atoms with Crippen LogP contribution < -0.4 is 10.2 Å². The first-order chi connectivity index (χ1) is 13.5. The van der Waals surface area contributed by atoms with Crippen molar-refractivity contribution in [3.05, 3.63) is 58.9 Å². The number of carbonyl (C=O) groups excluding carboxylic acids is 1. The molecule has 1 aliphatic heterocycles. The lowest BCUT2D eigenvalue weighted by molar-refractivity contribution is -0.120. The van der Waals surface area contributed by atoms with Crippen LogP contribution in [0.2, 0.25) is 5.02 Å². The van der Waals surface area contributed by atoms with Crippen LogP contribution >= 0.6 is 11.6 Å². The molecule has 0 spiro atoms. The van der Waals surface area contributed by atoms with E-state index in [-0.39, 0.29) is 17.0 Å². The Hall–Kier alpha value is -2.15. The molecule has 7 heteroatoms. The fourth-order valence-electron chi connectivity index (χ4n) is 3.19. The Morgan fingerprint density at radius 3 is 2.71 bits per heavy atom. The van der Waals surface area contributed by atoms with Gasteiger partial charge in [0.15, 0.2) is 0 Å². The van der Waals surface area contributed by atoms with Crippen molar-refractivity contribution in [3.63, 3.8) is 0 Å². The van der Waals surface area contributed by atoms with Crippen LogP contribution in [0.5, 0.6) is 0 Å². The number of benzene rings is 2. The Labute approximate surface area is 170 Å². The quantitative estimate of drug-likeness (QED) is 0.794. The molecule has 0 radical (unpaired) electrons. The van der Waals surface area contributed by atoms with Gasteiger partial charge in [0, 0.05) is 25.3 Å². The summed E-state index contributed by atoms with van der Waals surface area (Å²) < 4.78 is 18.6. The zero-order chi connectivity index (χ0) is 20.1. The summed E-state index contributed by atoms with van der Waals surface area (Å²) in [6.45, 7) is 5.63. The molecule has 150 valence electrons. The lowest BCUT2D eigenvalue weighted by Crippen LogP contribution is -2.40. The summed E-state index contributed by atoms with van der Waals surface area (Å²) in [5.41, 5.74) is 2.74. The third-order valence-electron chi connectivity index (χ3n) is 4.99. The number of amides is 1. The van der Waals surface area contributed by atoms with Crippen LogP contribution in [-0.4, -0.2) is 50.2 Å². The number of anilines is 2. The first kappa shape index (κ1) is 20.6. The van der Waals surface area contributed by atoms with E-state index in [9.17, 15) is 9.18 Å². The van der Waals surface area contributed by atoms with Gasteiger partial charge in [-0.1, -0.05) is 29.8 Å². The minimum absolute atomic E-state index is 0.181. The van der Waals surface area contributed by atoms with Gasteiger partial charge in [0.25, 0.3) is 0 Å². The maximum Gasteiger partial charge on any atom is 0.241 e. The van der Waals surface area contributed by atoms with Gasteiger partial charge in [-0.3, -0.25) is 9.69 Å². The highest BCUT2D eigenvalue weighted by molar-refractivity contribution is 6.33. The Balaban J connectivity index is 1.67. The van der Waals surface area contributed by atoms with Crippen molar-refractivity contribution in [3.8, 4) is 0 Å². The van der Waals surface area contributed by atoms with Gasteiger partial charge in [-0.05, 0) is 43.8 Å². The topological polar surface area (TPSA) is 44.8 Å². The van der Waals surface area contributed by atoms with Gasteiger partial charge in [0.05, 0.1) is 30.0 Å². The molecule has 0 aliphatic carbocycles. The molecule has 0 unspecified atom stereocenters. The van der Waals surface area contributed by atoms with E-state index in [2.05, 4.69) is 22.3 Å². The fourth-order valence-corrected chi connectivity index (χ4v) is 3.41. The number of hydrogen-bond acceptors (Lipinski definition) is 4. The first-order valence-electron chi connectivity index (χ1n) is 9.32. The van der Waals surface area contributed by atoms with Gasteiger partial charge >= 0.3 is 0 Å². The molecule has 0 aromatic heterocycles. The molecule has 1 fully saturated rings. The molecule has 3 rings (SSSR count). The van der Waals surface area contributed by atoms with Crippen molar-refractivity contribution in [2.45, 2.75) is 19.5 Å². The van der Waals surface area contributed by atoms with Gasteiger partial charge in [0.1, 0.15) is 5.82 Å². The average Bonchev–Trinajstić information content (AvgIpc) is 2.70. The SMILES string of the molecule is C[C@H](C(=O)Nc1ccc(F)cc1Cl)N(C)Cc1ccccc1N1CCOCC1. The van der Waals surface area contributed by atoms with Crippen molar-refractivity contribution in [1.82, 2.24) is 4.90 Å². The van der Waals surface area contributed by atoms with Crippen LogP contribution in [0.1, 0.15) is 12.5 Å². The van der Waals surface area contributed by atoms with Gasteiger partial charge in [-0.2, -0.15) is 0 Å². The molecule has 1 heterocycles. The first-order valence-corrected chi connectivity index (χ1v) is 9.70. The van der Waals surface area contributed by atoms with Crippen molar-refractivity contribution in [2.75, 3.05) is 43.6 Å². The number of halogens is 2. The number of morpholine rings is 1. The van der Waals surface area contributed by atoms with Gasteiger partial charge in [-0.25, -0.2) is 4.39 Å². The average molecular weight is 406 g/mol. The number of rotatable bonds is 6. The number of para-hydroxylation sites is 1. The summed E-state index contributed by atoms with van der Waals surface area (Å²) in [6.07, 6.45) is 0. The molecular weight excluding hydrogens is 381 g/mol. The summed E-state index contributed by atoms with van der Waals surface area (Å²) in [6, 6.07) is 11.8. The predicted molar refractivity (Wildman–Crippen MR) is 110 cm³/mol. The molecule has 0 bridgehead atoms. The number of likely N-dealkylation sites (N-methyl/N-ethyl adjacent to an activating group) is 1. The molecule has 5 nitrogen and oxygen atoms in total. The molecule has 1 atom stereocenters. The molecule has 2 aromatic rings. The third kappa shape index (κ3) is 5.01. The van der Waals surface area contributed by atoms with E-state index in [0.29, 0.717) is 12.2 Å². The Kier molecular flexibility index (Phi) is 6.88. The zero-order valence-corrected chi connectivity index (χ0v) is 16.9. The van der Waals surface area contributed by atoms with Crippen molar-refractivity contribution in [2.24, 2.45) is 0 Å². The molecule has 1 saturated heterocycles. The van der Waals surface area contributed by atoms with E-state index in [1.165, 1.54) is 23.9 Å². The zero-order valence-electron chi connectivity index (χ0n) is 16.1. The van der Waals surface area contributed by atoms with Crippen molar-refractivity contribution < 1.29 is 13.9 Å². The molecule has 28 heavy (non-hydrogen) atoms. The Morgan fingerprint density at radius 1 is 1.29 bits per heavy atom. The summed E-state index contributed by atoms with van der Waals surface area (Å²) in [7, 11) is 1.91. The van der Waals surface area contributed by atoms with Gasteiger partial charge in [-0.15, -0.1) is 0 Å². The van der Waals surface area contributed by atoms with Gasteiger partial charge < -0.3 is 15.0 Å². The predicted octanol–water partition coefficient (Wildman–Crippen LogP) is 3.77. The van der Waals surface area contributed by atoms with Crippen molar-refractivity contribution in [1.29, 1.82) is 0 Å². The second-order valence-electron chi connectivity index (χ2n) is 6.93. The van der Waals surface area contributed by atoms with Crippen LogP contribution in [0.4, 0.5) is 15.8 Å². The van der Waals surface area contributed by atoms with Crippen molar-refractivity contribution >= 4 is 28.9 Å². The number of nitrogens with one attached hydrogen (secondary N) is 1. The van der Waals surface area contributed by atoms with E-state index in [4.69, 9.17) is 16.3 Å². The molecule has 1 N–H and O–H groups in total. The number of nitrogens with zero attached hydrogens (tertiary/aromatic N) is 2. The van der Waals surface area contributed by atoms with E-state index >= 15 is 0 Å². The van der Waals surface area contributed by atoms with Gasteiger partial charge in [0.2, 0.25) is 5.91 Å². The van der Waals surface area contributed by atoms with E-state index < -0.39 is 5.82 Å². The maximum atomic E-state index is 13.2. The monoisotopic (exact) mass is 405 g/mol. The summed E-state index contributed by atoms with van der Waals surface area (Å²) in [5, 5.41) is 2.96. The fraction of sp³-hybridized carbons (Fsp3) is 0.381. The van der Waals surface area contributed by atoms with Crippen LogP contribution in [0.15, 0.2) is 42.5 Å². The van der Waals surface area contributed by atoms with Crippen LogP contribution in [0.25, 0.3) is 0 Å². The van der Waals surface area contributed by atoms with E-state index in [1.54, 1.807) is 0 Å². The molecule has 0 saturated carbocycles. The largest absolute Gasteiger partial charge is 0.378 e. The Bertz CT molecular complexity index is 827. The number of hydrogen-bond donors (Lipinski definition) is 1. The molecular formula is C21H25ClFN3O2. The summed E-state index contributed by atoms with van der Waals surface area (Å²) in [4.78, 5) is 16.9. The smallest absolute Gasteiger partial charge is 0.241 e. The number of ether oxygens (including phenoxy) is 1. The third-order valence-corrected chi connectivity index (χ3v) is 5.31. The standard InChI is InChI=1S/C21H25ClFN3O2/c1-15(21(27)24-19-8-7-17(23)13-18(19)22)25(2)14-16-5-3-4-6-20(16)26-9-11-28-12-10-26/h3-8,13,15H,9-12,14H2,1-2H3,(H,24,27)/t15-/m1/s1. The lowest BCUT2D eigenvalue weighted by atomic mass is 10.1. The molecule has 2 aromatic carbocycles. The maximum absolute atomic E-state index is 13.2. The minimum atomic E-state index is -0.437. The molecule has 1 aliphatic rings. The second kappa shape index (κ2) is 9.37. The van der Waals surface area contributed by atoms with E-state index in [1.807, 2.05) is 31.0 Å². The lowest BCUT2D eigenvalue weighted by Gasteiger charge is -2.32. The van der Waals surface area contributed by atoms with Crippen LogP contribution in [0.3, 0.4) is 0 Å². The number of carbonyl (C=O) groups is 1. The summed E-state index contributed by atoms with van der Waals surface area (Å²) in [5.74, 6) is -0.632. The normalized spacial score (nSPS) is 15.5. The van der Waals surface area contributed by atoms with Crippen LogP contribution in [-0.2, 0) is 16.1 Å². The van der Waals surface area contributed by atoms with E-state index in [0.717, 1.165) is 31.9 Å². The highest BCUT2D eigenvalue weighted by atomic mass is 35.5. The minimum Gasteiger partial charge on any atom is -0.378 e. The second-order valence-corrected chi connectivity index (χ2v) is 7.34. The molecule has 1 amide bonds. The van der Waals surface area contributed by atoms with Crippen LogP contribution in [0, 0.1) is 5.82 Å². The summed E-state index contributed by atoms with van der Waals surface area (Å²) >= 11 is 6.01.